The fraction of sp³-hybridized carbons (Fsp3) is 1.00. The number of hydrogen-bond acceptors (Lipinski definition) is 3. The summed E-state index contributed by atoms with van der Waals surface area (Å²) in [5.41, 5.74) is 0. The molecular weight excluding hydrogens is 303 g/mol. The van der Waals surface area contributed by atoms with Crippen LogP contribution in [0.15, 0.2) is 0 Å². The van der Waals surface area contributed by atoms with Crippen molar-refractivity contribution in [1.29, 1.82) is 0 Å². The van der Waals surface area contributed by atoms with Crippen LogP contribution in [0.25, 0.3) is 0 Å². The molecule has 18 heavy (non-hydrogen) atoms. The second kappa shape index (κ2) is 4.69. The molecule has 3 N–H and O–H groups in total. The predicted octanol–water partition coefficient (Wildman–Crippen LogP) is 2.06. The summed E-state index contributed by atoms with van der Waals surface area (Å²) >= 11 is 0. The summed E-state index contributed by atoms with van der Waals surface area (Å²) in [4.78, 5) is 26.3. The van der Waals surface area contributed by atoms with Crippen LogP contribution < -0.4 is 0 Å². The number of rotatable bonds is 6. The van der Waals surface area contributed by atoms with Gasteiger partial charge in [0.15, 0.2) is 0 Å². The molecule has 0 saturated carbocycles. The second-order valence-electron chi connectivity index (χ2n) is 3.78. The van der Waals surface area contributed by atoms with Gasteiger partial charge in [0.2, 0.25) is 0 Å². The molecule has 0 aromatic heterocycles. The Morgan fingerprint density at radius 2 is 0.944 bits per heavy atom. The zero-order valence-electron chi connectivity index (χ0n) is 8.38. The van der Waals surface area contributed by atoms with Crippen LogP contribution in [0.2, 0.25) is 0 Å². The first kappa shape index (κ1) is 17.8. The molecule has 0 fully saturated rings. The zero-order valence-corrected chi connectivity index (χ0v) is 9.28. The van der Waals surface area contributed by atoms with Gasteiger partial charge in [0, 0.05) is 0 Å². The molecule has 0 saturated heterocycles. The van der Waals surface area contributed by atoms with Crippen molar-refractivity contribution >= 4 is 7.28 Å². The van der Waals surface area contributed by atoms with Crippen molar-refractivity contribution < 1.29 is 49.8 Å². The third kappa shape index (κ3) is 5.17. The summed E-state index contributed by atoms with van der Waals surface area (Å²) in [7, 11) is -7.04. The van der Waals surface area contributed by atoms with E-state index in [4.69, 9.17) is 14.7 Å². The summed E-state index contributed by atoms with van der Waals surface area (Å²) in [5.74, 6) is -10.4. The molecule has 0 spiro atoms. The van der Waals surface area contributed by atoms with Gasteiger partial charge in [0.1, 0.15) is 0 Å². The van der Waals surface area contributed by atoms with Crippen molar-refractivity contribution in [3.8, 4) is 0 Å². The molecule has 3 nitrogen and oxygen atoms in total. The van der Waals surface area contributed by atoms with Crippen molar-refractivity contribution in [2.24, 2.45) is 0 Å². The summed E-state index contributed by atoms with van der Waals surface area (Å²) in [6, 6.07) is 0. The van der Waals surface area contributed by atoms with E-state index in [1.807, 2.05) is 0 Å². The van der Waals surface area contributed by atoms with Crippen molar-refractivity contribution in [2.75, 3.05) is 12.3 Å². The van der Waals surface area contributed by atoms with Crippen LogP contribution in [-0.4, -0.2) is 51.7 Å². The Morgan fingerprint density at radius 3 is 1.11 bits per heavy atom. The first-order valence-electron chi connectivity index (χ1n) is 4.15. The van der Waals surface area contributed by atoms with E-state index in [1.54, 1.807) is 0 Å². The molecule has 0 radical (unpaired) electrons. The molecule has 112 valence electrons. The molecule has 0 amide bonds. The molecule has 0 heterocycles. The second-order valence-corrected chi connectivity index (χ2v) is 7.09. The Balaban J connectivity index is 5.09. The van der Waals surface area contributed by atoms with E-state index in [9.17, 15) is 35.1 Å². The summed E-state index contributed by atoms with van der Waals surface area (Å²) < 4.78 is 96.6. The van der Waals surface area contributed by atoms with Crippen molar-refractivity contribution in [3.05, 3.63) is 0 Å². The van der Waals surface area contributed by atoms with Crippen LogP contribution in [0.1, 0.15) is 0 Å². The van der Waals surface area contributed by atoms with E-state index in [1.165, 1.54) is 0 Å². The van der Waals surface area contributed by atoms with Crippen LogP contribution >= 0.6 is 7.28 Å². The number of halogens is 8. The predicted molar refractivity (Wildman–Crippen MR) is 45.2 cm³/mol. The molecular formula is C6H9F8O3P. The van der Waals surface area contributed by atoms with Gasteiger partial charge in [-0.3, -0.25) is 0 Å². The topological polar surface area (TPSA) is 60.7 Å². The van der Waals surface area contributed by atoms with Crippen molar-refractivity contribution in [3.63, 3.8) is 0 Å². The SMILES string of the molecule is OP(O)(O)(CC(F)(F)C(F)F)CC(F)(F)C(F)F. The molecule has 0 aliphatic rings. The first-order valence-corrected chi connectivity index (χ1v) is 6.61. The van der Waals surface area contributed by atoms with Crippen LogP contribution in [0.4, 0.5) is 35.1 Å². The zero-order chi connectivity index (χ0) is 15.0. The third-order valence-electron chi connectivity index (χ3n) is 1.71. The average molecular weight is 312 g/mol. The molecule has 12 heteroatoms. The first-order chi connectivity index (χ1) is 7.57. The molecule has 0 aromatic carbocycles. The molecule has 0 aromatic rings. The maximum absolute atomic E-state index is 12.4. The average Bonchev–Trinajstić information content (AvgIpc) is 1.96. The number of hydrogen-bond donors (Lipinski definition) is 3. The molecule has 0 atom stereocenters. The Labute approximate surface area is 95.2 Å². The van der Waals surface area contributed by atoms with Gasteiger partial charge in [-0.1, -0.05) is 0 Å². The molecule has 0 unspecified atom stereocenters. The third-order valence-corrected chi connectivity index (χ3v) is 3.85. The van der Waals surface area contributed by atoms with E-state index in [-0.39, 0.29) is 0 Å². The summed E-state index contributed by atoms with van der Waals surface area (Å²) in [6.45, 7) is 0. The van der Waals surface area contributed by atoms with E-state index in [0.717, 1.165) is 0 Å². The van der Waals surface area contributed by atoms with E-state index >= 15 is 0 Å². The fourth-order valence-electron chi connectivity index (χ4n) is 1.06. The van der Waals surface area contributed by atoms with Gasteiger partial charge < -0.3 is 0 Å². The minimum absolute atomic E-state index is 2.82. The standard InChI is InChI=1S/C6H9F8O3P/c7-3(8)5(11,12)1-18(15,16,17)2-6(13,14)4(9)10/h3-4,15-17H,1-2H2. The van der Waals surface area contributed by atoms with Crippen LogP contribution in [0, 0.1) is 0 Å². The van der Waals surface area contributed by atoms with Gasteiger partial charge >= 0.3 is 94.1 Å². The summed E-state index contributed by atoms with van der Waals surface area (Å²) in [5, 5.41) is 0. The Morgan fingerprint density at radius 1 is 0.722 bits per heavy atom. The van der Waals surface area contributed by atoms with Crippen LogP contribution in [0.5, 0.6) is 0 Å². The summed E-state index contributed by atoms with van der Waals surface area (Å²) in [6.07, 6.45) is -14.6. The Bertz CT molecular complexity index is 273. The Hall–Kier alpha value is -0.250. The normalized spacial score (nSPS) is 17.1. The monoisotopic (exact) mass is 312 g/mol. The molecule has 0 aliphatic carbocycles. The molecule has 0 aliphatic heterocycles. The fourth-order valence-corrected chi connectivity index (χ4v) is 3.17. The van der Waals surface area contributed by atoms with Gasteiger partial charge in [-0.2, -0.15) is 0 Å². The van der Waals surface area contributed by atoms with E-state index < -0.39 is 44.3 Å². The van der Waals surface area contributed by atoms with Crippen LogP contribution in [-0.2, 0) is 0 Å². The quantitative estimate of drug-likeness (QED) is 0.520. The van der Waals surface area contributed by atoms with Gasteiger partial charge in [-0.25, -0.2) is 0 Å². The van der Waals surface area contributed by atoms with Gasteiger partial charge in [0.25, 0.3) is 0 Å². The Kier molecular flexibility index (Phi) is 4.63. The van der Waals surface area contributed by atoms with Gasteiger partial charge in [0.05, 0.1) is 0 Å². The van der Waals surface area contributed by atoms with Gasteiger partial charge in [-0.05, 0) is 0 Å². The molecule has 0 bridgehead atoms. The maximum atomic E-state index is 12.4. The van der Waals surface area contributed by atoms with Crippen LogP contribution in [0.3, 0.4) is 0 Å². The number of alkyl halides is 8. The van der Waals surface area contributed by atoms with E-state index in [0.29, 0.717) is 0 Å². The van der Waals surface area contributed by atoms with Crippen molar-refractivity contribution in [1.82, 2.24) is 0 Å². The van der Waals surface area contributed by atoms with Crippen molar-refractivity contribution in [2.45, 2.75) is 24.7 Å². The minimum atomic E-state index is -7.04. The van der Waals surface area contributed by atoms with Gasteiger partial charge in [-0.15, -0.1) is 0 Å². The molecule has 0 rings (SSSR count). The van der Waals surface area contributed by atoms with E-state index in [2.05, 4.69) is 0 Å².